The zero-order valence-electron chi connectivity index (χ0n) is 12.2. The van der Waals surface area contributed by atoms with Gasteiger partial charge in [0.05, 0.1) is 11.1 Å². The van der Waals surface area contributed by atoms with E-state index in [0.29, 0.717) is 18.4 Å². The van der Waals surface area contributed by atoms with Gasteiger partial charge in [-0.1, -0.05) is 30.3 Å². The van der Waals surface area contributed by atoms with Crippen LogP contribution in [0.3, 0.4) is 0 Å². The summed E-state index contributed by atoms with van der Waals surface area (Å²) in [5.41, 5.74) is 2.07. The molecule has 0 amide bonds. The van der Waals surface area contributed by atoms with Crippen molar-refractivity contribution >= 4 is 27.5 Å². The monoisotopic (exact) mass is 392 g/mol. The highest BCUT2D eigenvalue weighted by Crippen LogP contribution is 2.30. The van der Waals surface area contributed by atoms with Crippen LogP contribution in [0.15, 0.2) is 57.4 Å². The summed E-state index contributed by atoms with van der Waals surface area (Å²) in [7, 11) is 0. The first-order valence-electron chi connectivity index (χ1n) is 7.11. The highest BCUT2D eigenvalue weighted by atomic mass is 79.9. The summed E-state index contributed by atoms with van der Waals surface area (Å²) in [5, 5.41) is 7.82. The number of nitrogens with zero attached hydrogens (tertiary/aromatic N) is 2. The summed E-state index contributed by atoms with van der Waals surface area (Å²) in [5.74, 6) is 1.83. The van der Waals surface area contributed by atoms with Crippen molar-refractivity contribution in [1.29, 1.82) is 0 Å². The van der Waals surface area contributed by atoms with E-state index in [4.69, 9.17) is 20.8 Å². The molecular formula is C17H14BrClN2O2. The van der Waals surface area contributed by atoms with Crippen LogP contribution in [-0.2, 0) is 12.3 Å². The van der Waals surface area contributed by atoms with E-state index in [-0.39, 0.29) is 5.88 Å². The number of hydrogen-bond donors (Lipinski definition) is 0. The van der Waals surface area contributed by atoms with Gasteiger partial charge in [0, 0.05) is 12.0 Å². The summed E-state index contributed by atoms with van der Waals surface area (Å²) in [6.45, 7) is 0.610. The van der Waals surface area contributed by atoms with Crippen LogP contribution < -0.4 is 4.74 Å². The summed E-state index contributed by atoms with van der Waals surface area (Å²) in [4.78, 5) is 0. The molecule has 0 atom stereocenters. The SMILES string of the molecule is ClCc1nnc(-c2ccc(OCCc3ccccc3)c(Br)c2)o1. The van der Waals surface area contributed by atoms with E-state index in [0.717, 1.165) is 22.2 Å². The standard InChI is InChI=1S/C17H14BrClN2O2/c18-14-10-13(17-21-20-16(11-19)23-17)6-7-15(14)22-9-8-12-4-2-1-3-5-12/h1-7,10H,8-9,11H2. The third-order valence-corrected chi connectivity index (χ3v) is 4.10. The molecule has 0 aliphatic rings. The molecule has 0 unspecified atom stereocenters. The normalized spacial score (nSPS) is 10.7. The van der Waals surface area contributed by atoms with E-state index in [2.05, 4.69) is 38.3 Å². The lowest BCUT2D eigenvalue weighted by Crippen LogP contribution is -2.01. The van der Waals surface area contributed by atoms with Crippen LogP contribution in [0.5, 0.6) is 5.75 Å². The molecule has 0 bridgehead atoms. The molecule has 0 aliphatic carbocycles. The third-order valence-electron chi connectivity index (χ3n) is 3.25. The molecule has 0 spiro atoms. The van der Waals surface area contributed by atoms with Crippen molar-refractivity contribution in [3.63, 3.8) is 0 Å². The van der Waals surface area contributed by atoms with Gasteiger partial charge in [0.15, 0.2) is 0 Å². The molecule has 1 aromatic heterocycles. The molecule has 2 aromatic carbocycles. The first-order chi connectivity index (χ1) is 11.3. The topological polar surface area (TPSA) is 48.2 Å². The van der Waals surface area contributed by atoms with Gasteiger partial charge in [0.1, 0.15) is 11.6 Å². The predicted octanol–water partition coefficient (Wildman–Crippen LogP) is 4.86. The largest absolute Gasteiger partial charge is 0.492 e. The van der Waals surface area contributed by atoms with Gasteiger partial charge in [-0.2, -0.15) is 0 Å². The number of hydrogen-bond acceptors (Lipinski definition) is 4. The van der Waals surface area contributed by atoms with Crippen LogP contribution in [0.1, 0.15) is 11.5 Å². The Morgan fingerprint density at radius 1 is 1.09 bits per heavy atom. The first kappa shape index (κ1) is 16.0. The molecule has 3 aromatic rings. The van der Waals surface area contributed by atoms with Crippen molar-refractivity contribution in [2.45, 2.75) is 12.3 Å². The van der Waals surface area contributed by atoms with Gasteiger partial charge < -0.3 is 9.15 Å². The average Bonchev–Trinajstić information content (AvgIpc) is 3.06. The summed E-state index contributed by atoms with van der Waals surface area (Å²) >= 11 is 9.18. The Kier molecular flexibility index (Phi) is 5.31. The molecule has 0 N–H and O–H groups in total. The van der Waals surface area contributed by atoms with Crippen molar-refractivity contribution in [2.24, 2.45) is 0 Å². The Morgan fingerprint density at radius 2 is 1.91 bits per heavy atom. The van der Waals surface area contributed by atoms with Gasteiger partial charge in [0.2, 0.25) is 11.8 Å². The second-order valence-electron chi connectivity index (χ2n) is 4.86. The summed E-state index contributed by atoms with van der Waals surface area (Å²) < 4.78 is 12.1. The Labute approximate surface area is 147 Å². The van der Waals surface area contributed by atoms with Crippen molar-refractivity contribution < 1.29 is 9.15 Å². The molecule has 118 valence electrons. The number of aromatic nitrogens is 2. The molecule has 6 heteroatoms. The zero-order chi connectivity index (χ0) is 16.1. The van der Waals surface area contributed by atoms with Crippen LogP contribution in [0.4, 0.5) is 0 Å². The van der Waals surface area contributed by atoms with Crippen LogP contribution in [0, 0.1) is 0 Å². The predicted molar refractivity (Wildman–Crippen MR) is 92.6 cm³/mol. The minimum absolute atomic E-state index is 0.203. The minimum Gasteiger partial charge on any atom is -0.492 e. The number of halogens is 2. The van der Waals surface area contributed by atoms with Gasteiger partial charge in [-0.05, 0) is 39.7 Å². The van der Waals surface area contributed by atoms with Crippen molar-refractivity contribution in [3.8, 4) is 17.2 Å². The van der Waals surface area contributed by atoms with E-state index in [1.807, 2.05) is 36.4 Å². The maximum atomic E-state index is 5.82. The van der Waals surface area contributed by atoms with Gasteiger partial charge >= 0.3 is 0 Å². The lowest BCUT2D eigenvalue weighted by Gasteiger charge is -2.09. The number of rotatable bonds is 6. The number of benzene rings is 2. The lowest BCUT2D eigenvalue weighted by atomic mass is 10.2. The molecule has 0 aliphatic heterocycles. The van der Waals surface area contributed by atoms with E-state index in [1.54, 1.807) is 0 Å². The van der Waals surface area contributed by atoms with Crippen LogP contribution in [0.2, 0.25) is 0 Å². The van der Waals surface area contributed by atoms with E-state index < -0.39 is 0 Å². The van der Waals surface area contributed by atoms with Gasteiger partial charge in [-0.25, -0.2) is 0 Å². The average molecular weight is 394 g/mol. The number of ether oxygens (including phenoxy) is 1. The molecule has 1 heterocycles. The van der Waals surface area contributed by atoms with Crippen molar-refractivity contribution in [3.05, 3.63) is 64.5 Å². The third kappa shape index (κ3) is 4.12. The summed E-state index contributed by atoms with van der Waals surface area (Å²) in [6, 6.07) is 15.9. The fourth-order valence-corrected chi connectivity index (χ4v) is 2.70. The second-order valence-corrected chi connectivity index (χ2v) is 5.99. The van der Waals surface area contributed by atoms with Crippen molar-refractivity contribution in [2.75, 3.05) is 6.61 Å². The van der Waals surface area contributed by atoms with Crippen molar-refractivity contribution in [1.82, 2.24) is 10.2 Å². The second kappa shape index (κ2) is 7.62. The van der Waals surface area contributed by atoms with Crippen LogP contribution in [0.25, 0.3) is 11.5 Å². The van der Waals surface area contributed by atoms with Crippen LogP contribution >= 0.6 is 27.5 Å². The first-order valence-corrected chi connectivity index (χ1v) is 8.44. The number of alkyl halides is 1. The Hall–Kier alpha value is -1.85. The van der Waals surface area contributed by atoms with Gasteiger partial charge in [0.25, 0.3) is 0 Å². The Balaban J connectivity index is 1.65. The molecule has 0 saturated carbocycles. The summed E-state index contributed by atoms with van der Waals surface area (Å²) in [6.07, 6.45) is 0.859. The maximum Gasteiger partial charge on any atom is 0.247 e. The quantitative estimate of drug-likeness (QED) is 0.561. The Bertz CT molecular complexity index is 777. The minimum atomic E-state index is 0.203. The molecule has 3 rings (SSSR count). The molecule has 0 radical (unpaired) electrons. The van der Waals surface area contributed by atoms with E-state index in [1.165, 1.54) is 5.56 Å². The lowest BCUT2D eigenvalue weighted by molar-refractivity contribution is 0.320. The molecule has 4 nitrogen and oxygen atoms in total. The van der Waals surface area contributed by atoms with E-state index >= 15 is 0 Å². The Morgan fingerprint density at radius 3 is 2.61 bits per heavy atom. The fourth-order valence-electron chi connectivity index (χ4n) is 2.10. The zero-order valence-corrected chi connectivity index (χ0v) is 14.5. The van der Waals surface area contributed by atoms with E-state index in [9.17, 15) is 0 Å². The molecule has 23 heavy (non-hydrogen) atoms. The van der Waals surface area contributed by atoms with Gasteiger partial charge in [-0.3, -0.25) is 0 Å². The maximum absolute atomic E-state index is 5.82. The highest BCUT2D eigenvalue weighted by molar-refractivity contribution is 9.10. The highest BCUT2D eigenvalue weighted by Gasteiger charge is 2.10. The smallest absolute Gasteiger partial charge is 0.247 e. The molecule has 0 fully saturated rings. The molecule has 0 saturated heterocycles. The van der Waals surface area contributed by atoms with Crippen LogP contribution in [-0.4, -0.2) is 16.8 Å². The van der Waals surface area contributed by atoms with Gasteiger partial charge in [-0.15, -0.1) is 21.8 Å². The molecular weight excluding hydrogens is 380 g/mol. The fraction of sp³-hybridized carbons (Fsp3) is 0.176.